The minimum Gasteiger partial charge on any atom is -0.360 e. The third-order valence-electron chi connectivity index (χ3n) is 3.60. The number of rotatable bonds is 5. The van der Waals surface area contributed by atoms with Crippen LogP contribution in [0.4, 0.5) is 10.1 Å². The minimum atomic E-state index is -0.205. The molecule has 1 atom stereocenters. The number of hydrogen-bond acceptors (Lipinski definition) is 2. The Bertz CT molecular complexity index is 498. The van der Waals surface area contributed by atoms with E-state index < -0.39 is 0 Å². The zero-order valence-corrected chi connectivity index (χ0v) is 11.6. The van der Waals surface area contributed by atoms with Crippen LogP contribution in [-0.4, -0.2) is 13.1 Å². The maximum Gasteiger partial charge on any atom is 0.126 e. The molecule has 0 heterocycles. The average molecular weight is 260 g/mol. The van der Waals surface area contributed by atoms with Gasteiger partial charge >= 0.3 is 0 Å². The van der Waals surface area contributed by atoms with E-state index >= 15 is 0 Å². The van der Waals surface area contributed by atoms with E-state index in [4.69, 9.17) is 12.2 Å². The van der Waals surface area contributed by atoms with E-state index in [-0.39, 0.29) is 11.9 Å². The highest BCUT2D eigenvalue weighted by atomic mass is 19.1. The van der Waals surface area contributed by atoms with Crippen LogP contribution in [0.3, 0.4) is 0 Å². The molecule has 1 aromatic rings. The molecule has 0 amide bonds. The van der Waals surface area contributed by atoms with Gasteiger partial charge in [0.05, 0.1) is 6.54 Å². The van der Waals surface area contributed by atoms with Gasteiger partial charge in [0.15, 0.2) is 0 Å². The van der Waals surface area contributed by atoms with Gasteiger partial charge in [0.1, 0.15) is 5.82 Å². The Balaban J connectivity index is 2.38. The van der Waals surface area contributed by atoms with Gasteiger partial charge in [0.2, 0.25) is 0 Å². The second-order valence-corrected chi connectivity index (χ2v) is 5.48. The third-order valence-corrected chi connectivity index (χ3v) is 3.60. The summed E-state index contributed by atoms with van der Waals surface area (Å²) in [6.45, 7) is 5.13. The molecular formula is C16H21FN2. The smallest absolute Gasteiger partial charge is 0.126 e. The van der Waals surface area contributed by atoms with Crippen LogP contribution in [0, 0.1) is 31.0 Å². The molecule has 102 valence electrons. The van der Waals surface area contributed by atoms with Crippen LogP contribution < -0.4 is 10.6 Å². The van der Waals surface area contributed by atoms with E-state index in [1.165, 1.54) is 12.8 Å². The second kappa shape index (κ2) is 5.63. The van der Waals surface area contributed by atoms with Crippen molar-refractivity contribution in [1.82, 2.24) is 0 Å². The van der Waals surface area contributed by atoms with Crippen molar-refractivity contribution in [3.63, 3.8) is 0 Å². The van der Waals surface area contributed by atoms with Gasteiger partial charge in [0, 0.05) is 18.3 Å². The summed E-state index contributed by atoms with van der Waals surface area (Å²) in [7, 11) is 0. The summed E-state index contributed by atoms with van der Waals surface area (Å²) in [6, 6.07) is 3.21. The standard InChI is InChI=1S/C16H21FN2/c1-4-7-19(10-13-5-6-13)16-8-11(2)15(17)9-14(16)12(3)18/h1,8-9,12-13H,5-7,10,18H2,2-3H3. The van der Waals surface area contributed by atoms with Crippen LogP contribution in [0.1, 0.15) is 36.9 Å². The number of nitrogens with zero attached hydrogens (tertiary/aromatic N) is 1. The Labute approximate surface area is 114 Å². The topological polar surface area (TPSA) is 29.3 Å². The Hall–Kier alpha value is -1.53. The molecule has 0 bridgehead atoms. The molecule has 19 heavy (non-hydrogen) atoms. The van der Waals surface area contributed by atoms with Crippen LogP contribution >= 0.6 is 0 Å². The number of aryl methyl sites for hydroxylation is 1. The lowest BCUT2D eigenvalue weighted by Gasteiger charge is -2.27. The molecule has 1 aliphatic carbocycles. The first kappa shape index (κ1) is 13.9. The predicted molar refractivity (Wildman–Crippen MR) is 77.5 cm³/mol. The van der Waals surface area contributed by atoms with Crippen molar-refractivity contribution >= 4 is 5.69 Å². The first-order valence-electron chi connectivity index (χ1n) is 6.77. The number of benzene rings is 1. The van der Waals surface area contributed by atoms with E-state index in [9.17, 15) is 4.39 Å². The summed E-state index contributed by atoms with van der Waals surface area (Å²) in [5.41, 5.74) is 8.42. The van der Waals surface area contributed by atoms with Crippen molar-refractivity contribution in [3.8, 4) is 12.3 Å². The maximum absolute atomic E-state index is 13.7. The molecule has 1 aliphatic rings. The third kappa shape index (κ3) is 3.27. The molecule has 0 spiro atoms. The molecule has 0 aliphatic heterocycles. The Kier molecular flexibility index (Phi) is 4.11. The van der Waals surface area contributed by atoms with Gasteiger partial charge in [-0.25, -0.2) is 4.39 Å². The Morgan fingerprint density at radius 3 is 2.74 bits per heavy atom. The number of hydrogen-bond donors (Lipinski definition) is 1. The highest BCUT2D eigenvalue weighted by molar-refractivity contribution is 5.58. The molecule has 3 heteroatoms. The van der Waals surface area contributed by atoms with Crippen molar-refractivity contribution in [2.24, 2.45) is 11.7 Å². The van der Waals surface area contributed by atoms with E-state index in [0.29, 0.717) is 12.1 Å². The van der Waals surface area contributed by atoms with Crippen molar-refractivity contribution in [3.05, 3.63) is 29.1 Å². The minimum absolute atomic E-state index is 0.204. The molecule has 1 unspecified atom stereocenters. The zero-order valence-electron chi connectivity index (χ0n) is 11.6. The molecule has 2 N–H and O–H groups in total. The maximum atomic E-state index is 13.7. The van der Waals surface area contributed by atoms with E-state index in [0.717, 1.165) is 23.7 Å². The number of halogens is 1. The molecule has 0 aromatic heterocycles. The monoisotopic (exact) mass is 260 g/mol. The van der Waals surface area contributed by atoms with Crippen molar-refractivity contribution in [2.75, 3.05) is 18.0 Å². The zero-order chi connectivity index (χ0) is 14.0. The summed E-state index contributed by atoms with van der Waals surface area (Å²) in [5, 5.41) is 0. The lowest BCUT2D eigenvalue weighted by molar-refractivity contribution is 0.612. The van der Waals surface area contributed by atoms with Crippen LogP contribution in [0.2, 0.25) is 0 Å². The lowest BCUT2D eigenvalue weighted by atomic mass is 10.0. The molecular weight excluding hydrogens is 239 g/mol. The molecule has 1 saturated carbocycles. The summed E-state index contributed by atoms with van der Waals surface area (Å²) < 4.78 is 13.7. The first-order valence-corrected chi connectivity index (χ1v) is 6.77. The van der Waals surface area contributed by atoms with Crippen molar-refractivity contribution in [1.29, 1.82) is 0 Å². The molecule has 2 rings (SSSR count). The molecule has 1 fully saturated rings. The number of anilines is 1. The quantitative estimate of drug-likeness (QED) is 0.825. The van der Waals surface area contributed by atoms with Crippen LogP contribution in [-0.2, 0) is 0 Å². The largest absolute Gasteiger partial charge is 0.360 e. The fourth-order valence-corrected chi connectivity index (χ4v) is 2.29. The molecule has 0 radical (unpaired) electrons. The number of nitrogens with two attached hydrogens (primary N) is 1. The predicted octanol–water partition coefficient (Wildman–Crippen LogP) is 3.00. The normalized spacial score (nSPS) is 15.9. The average Bonchev–Trinajstić information content (AvgIpc) is 3.15. The fraction of sp³-hybridized carbons (Fsp3) is 0.500. The Morgan fingerprint density at radius 2 is 2.21 bits per heavy atom. The van der Waals surface area contributed by atoms with Crippen molar-refractivity contribution < 1.29 is 4.39 Å². The van der Waals surface area contributed by atoms with E-state index in [1.54, 1.807) is 13.0 Å². The summed E-state index contributed by atoms with van der Waals surface area (Å²) in [5.74, 6) is 3.21. The molecule has 1 aromatic carbocycles. The van der Waals surface area contributed by atoms with Gasteiger partial charge in [-0.2, -0.15) is 0 Å². The highest BCUT2D eigenvalue weighted by Gasteiger charge is 2.26. The summed E-state index contributed by atoms with van der Waals surface area (Å²) in [6.07, 6.45) is 7.98. The Morgan fingerprint density at radius 1 is 1.53 bits per heavy atom. The molecule has 0 saturated heterocycles. The lowest BCUT2D eigenvalue weighted by Crippen LogP contribution is -2.28. The molecule has 2 nitrogen and oxygen atoms in total. The van der Waals surface area contributed by atoms with Gasteiger partial charge in [-0.15, -0.1) is 6.42 Å². The van der Waals surface area contributed by atoms with Crippen molar-refractivity contribution in [2.45, 2.75) is 32.7 Å². The fourth-order valence-electron chi connectivity index (χ4n) is 2.29. The van der Waals surface area contributed by atoms with Crippen LogP contribution in [0.25, 0.3) is 0 Å². The van der Waals surface area contributed by atoms with Gasteiger partial charge < -0.3 is 10.6 Å². The van der Waals surface area contributed by atoms with E-state index in [1.807, 2.05) is 13.0 Å². The van der Waals surface area contributed by atoms with Gasteiger partial charge in [-0.05, 0) is 55.9 Å². The SMILES string of the molecule is C#CCN(CC1CC1)c1cc(C)c(F)cc1C(C)N. The van der Waals surface area contributed by atoms with Crippen LogP contribution in [0.15, 0.2) is 12.1 Å². The number of terminal acetylenes is 1. The van der Waals surface area contributed by atoms with Gasteiger partial charge in [-0.3, -0.25) is 0 Å². The summed E-state index contributed by atoms with van der Waals surface area (Å²) >= 11 is 0. The van der Waals surface area contributed by atoms with Gasteiger partial charge in [-0.1, -0.05) is 5.92 Å². The van der Waals surface area contributed by atoms with E-state index in [2.05, 4.69) is 10.8 Å². The first-order chi connectivity index (χ1) is 9.02. The summed E-state index contributed by atoms with van der Waals surface area (Å²) in [4.78, 5) is 2.16. The van der Waals surface area contributed by atoms with Gasteiger partial charge in [0.25, 0.3) is 0 Å². The van der Waals surface area contributed by atoms with Crippen LogP contribution in [0.5, 0.6) is 0 Å². The highest BCUT2D eigenvalue weighted by Crippen LogP contribution is 2.34. The second-order valence-electron chi connectivity index (χ2n) is 5.48.